The van der Waals surface area contributed by atoms with Crippen LogP contribution in [0.25, 0.3) is 0 Å². The van der Waals surface area contributed by atoms with E-state index >= 15 is 0 Å². The molecular formula is C16H20O4. The highest BCUT2D eigenvalue weighted by Crippen LogP contribution is 2.51. The minimum atomic E-state index is -0.742. The van der Waals surface area contributed by atoms with E-state index in [9.17, 15) is 9.90 Å². The van der Waals surface area contributed by atoms with Crippen LogP contribution in [0.4, 0.5) is 0 Å². The van der Waals surface area contributed by atoms with Crippen molar-refractivity contribution in [1.82, 2.24) is 0 Å². The normalized spacial score (nSPS) is 18.7. The molecule has 0 radical (unpaired) electrons. The molecule has 0 saturated heterocycles. The highest BCUT2D eigenvalue weighted by molar-refractivity contribution is 5.69. The number of benzene rings is 1. The lowest BCUT2D eigenvalue weighted by atomic mass is 9.85. The fraction of sp³-hybridized carbons (Fsp3) is 0.562. The van der Waals surface area contributed by atoms with Crippen LogP contribution < -0.4 is 9.47 Å². The molecule has 0 bridgehead atoms. The molecule has 4 nitrogen and oxygen atoms in total. The molecule has 0 aromatic heterocycles. The SMILES string of the molecule is Cc1cc2c(c(C(CC(=O)O)C3CC3)c1C)OCCO2. The van der Waals surface area contributed by atoms with Crippen LogP contribution in [0.5, 0.6) is 11.5 Å². The van der Waals surface area contributed by atoms with Crippen molar-refractivity contribution in [3.05, 3.63) is 22.8 Å². The summed E-state index contributed by atoms with van der Waals surface area (Å²) in [6.45, 7) is 5.19. The smallest absolute Gasteiger partial charge is 0.303 e. The summed E-state index contributed by atoms with van der Waals surface area (Å²) in [5.41, 5.74) is 3.34. The summed E-state index contributed by atoms with van der Waals surface area (Å²) in [6.07, 6.45) is 2.40. The molecule has 4 heteroatoms. The summed E-state index contributed by atoms with van der Waals surface area (Å²) in [6, 6.07) is 2.00. The molecule has 1 aliphatic heterocycles. The Kier molecular flexibility index (Phi) is 3.32. The largest absolute Gasteiger partial charge is 0.486 e. The summed E-state index contributed by atoms with van der Waals surface area (Å²) < 4.78 is 11.5. The van der Waals surface area contributed by atoms with E-state index in [1.165, 1.54) is 0 Å². The van der Waals surface area contributed by atoms with E-state index in [0.29, 0.717) is 19.1 Å². The third-order valence-electron chi connectivity index (χ3n) is 4.36. The van der Waals surface area contributed by atoms with Gasteiger partial charge in [0.2, 0.25) is 0 Å². The number of rotatable bonds is 4. The molecule has 1 unspecified atom stereocenters. The van der Waals surface area contributed by atoms with Crippen molar-refractivity contribution in [2.45, 2.75) is 39.0 Å². The van der Waals surface area contributed by atoms with E-state index in [1.54, 1.807) is 0 Å². The van der Waals surface area contributed by atoms with Crippen molar-refractivity contribution in [3.8, 4) is 11.5 Å². The monoisotopic (exact) mass is 276 g/mol. The first kappa shape index (κ1) is 13.3. The quantitative estimate of drug-likeness (QED) is 0.918. The molecule has 0 amide bonds. The van der Waals surface area contributed by atoms with Crippen LogP contribution in [0.1, 0.15) is 41.9 Å². The number of carboxylic acids is 1. The van der Waals surface area contributed by atoms with E-state index in [2.05, 4.69) is 6.92 Å². The molecule has 1 aliphatic carbocycles. The average Bonchev–Trinajstić information content (AvgIpc) is 3.22. The number of carboxylic acid groups (broad SMARTS) is 1. The number of aliphatic carboxylic acids is 1. The second-order valence-electron chi connectivity index (χ2n) is 5.80. The molecule has 1 N–H and O–H groups in total. The molecule has 1 fully saturated rings. The number of hydrogen-bond acceptors (Lipinski definition) is 3. The van der Waals surface area contributed by atoms with Crippen molar-refractivity contribution < 1.29 is 19.4 Å². The van der Waals surface area contributed by atoms with Crippen LogP contribution in [0.3, 0.4) is 0 Å². The summed E-state index contributed by atoms with van der Waals surface area (Å²) in [5.74, 6) is 1.32. The molecule has 108 valence electrons. The summed E-state index contributed by atoms with van der Waals surface area (Å²) in [5, 5.41) is 9.21. The first-order chi connectivity index (χ1) is 9.58. The highest BCUT2D eigenvalue weighted by atomic mass is 16.6. The minimum Gasteiger partial charge on any atom is -0.486 e. The maximum Gasteiger partial charge on any atom is 0.303 e. The van der Waals surface area contributed by atoms with Crippen molar-refractivity contribution >= 4 is 5.97 Å². The van der Waals surface area contributed by atoms with E-state index < -0.39 is 5.97 Å². The van der Waals surface area contributed by atoms with Gasteiger partial charge in [0.05, 0.1) is 6.42 Å². The van der Waals surface area contributed by atoms with Gasteiger partial charge in [-0.1, -0.05) is 0 Å². The Morgan fingerprint density at radius 3 is 2.70 bits per heavy atom. The fourth-order valence-corrected chi connectivity index (χ4v) is 3.07. The Bertz CT molecular complexity index is 546. The predicted molar refractivity (Wildman–Crippen MR) is 74.6 cm³/mol. The Labute approximate surface area is 118 Å². The van der Waals surface area contributed by atoms with Crippen LogP contribution in [0.2, 0.25) is 0 Å². The van der Waals surface area contributed by atoms with Gasteiger partial charge in [-0.05, 0) is 49.8 Å². The van der Waals surface area contributed by atoms with Gasteiger partial charge in [-0.3, -0.25) is 4.79 Å². The second kappa shape index (κ2) is 5.00. The molecule has 1 heterocycles. The third kappa shape index (κ3) is 2.35. The average molecular weight is 276 g/mol. The Morgan fingerprint density at radius 1 is 1.35 bits per heavy atom. The lowest BCUT2D eigenvalue weighted by Gasteiger charge is -2.27. The van der Waals surface area contributed by atoms with Gasteiger partial charge in [0.25, 0.3) is 0 Å². The first-order valence-electron chi connectivity index (χ1n) is 7.19. The Hall–Kier alpha value is -1.71. The van der Waals surface area contributed by atoms with Crippen molar-refractivity contribution in [2.75, 3.05) is 13.2 Å². The number of aryl methyl sites for hydroxylation is 1. The van der Waals surface area contributed by atoms with Gasteiger partial charge in [0.15, 0.2) is 11.5 Å². The molecule has 1 aromatic carbocycles. The van der Waals surface area contributed by atoms with E-state index in [4.69, 9.17) is 9.47 Å². The van der Waals surface area contributed by atoms with Crippen molar-refractivity contribution in [2.24, 2.45) is 5.92 Å². The molecule has 20 heavy (non-hydrogen) atoms. The molecule has 1 aromatic rings. The number of fused-ring (bicyclic) bond motifs is 1. The predicted octanol–water partition coefficient (Wildman–Crippen LogP) is 3.04. The van der Waals surface area contributed by atoms with Crippen LogP contribution in [-0.2, 0) is 4.79 Å². The summed E-state index contributed by atoms with van der Waals surface area (Å²) in [7, 11) is 0. The Balaban J connectivity index is 2.09. The lowest BCUT2D eigenvalue weighted by molar-refractivity contribution is -0.137. The van der Waals surface area contributed by atoms with E-state index in [-0.39, 0.29) is 12.3 Å². The zero-order valence-electron chi connectivity index (χ0n) is 11.9. The topological polar surface area (TPSA) is 55.8 Å². The van der Waals surface area contributed by atoms with Gasteiger partial charge in [-0.2, -0.15) is 0 Å². The van der Waals surface area contributed by atoms with Crippen LogP contribution in [0.15, 0.2) is 6.07 Å². The number of ether oxygens (including phenoxy) is 2. The van der Waals surface area contributed by atoms with Crippen LogP contribution in [0, 0.1) is 19.8 Å². The second-order valence-corrected chi connectivity index (χ2v) is 5.80. The van der Waals surface area contributed by atoms with Crippen molar-refractivity contribution in [1.29, 1.82) is 0 Å². The van der Waals surface area contributed by atoms with Gasteiger partial charge in [0.1, 0.15) is 13.2 Å². The Morgan fingerprint density at radius 2 is 2.05 bits per heavy atom. The molecule has 0 spiro atoms. The lowest BCUT2D eigenvalue weighted by Crippen LogP contribution is -2.20. The highest BCUT2D eigenvalue weighted by Gasteiger charge is 2.38. The van der Waals surface area contributed by atoms with E-state index in [0.717, 1.165) is 41.0 Å². The maximum absolute atomic E-state index is 11.2. The molecule has 1 saturated carbocycles. The molecule has 2 aliphatic rings. The number of carbonyl (C=O) groups is 1. The standard InChI is InChI=1S/C16H20O4/c1-9-7-13-16(20-6-5-19-13)15(10(9)2)12(8-14(17)18)11-3-4-11/h7,11-12H,3-6,8H2,1-2H3,(H,17,18). The minimum absolute atomic E-state index is 0.0443. The maximum atomic E-state index is 11.2. The van der Waals surface area contributed by atoms with Gasteiger partial charge in [0, 0.05) is 11.5 Å². The molecular weight excluding hydrogens is 256 g/mol. The van der Waals surface area contributed by atoms with Gasteiger partial charge < -0.3 is 14.6 Å². The van der Waals surface area contributed by atoms with Gasteiger partial charge in [-0.15, -0.1) is 0 Å². The number of hydrogen-bond donors (Lipinski definition) is 1. The fourth-order valence-electron chi connectivity index (χ4n) is 3.07. The van der Waals surface area contributed by atoms with Gasteiger partial charge >= 0.3 is 5.97 Å². The van der Waals surface area contributed by atoms with Crippen molar-refractivity contribution in [3.63, 3.8) is 0 Å². The van der Waals surface area contributed by atoms with E-state index in [1.807, 2.05) is 13.0 Å². The molecule has 1 atom stereocenters. The first-order valence-corrected chi connectivity index (χ1v) is 7.19. The zero-order chi connectivity index (χ0) is 14.3. The van der Waals surface area contributed by atoms with Gasteiger partial charge in [-0.25, -0.2) is 0 Å². The summed E-state index contributed by atoms with van der Waals surface area (Å²) in [4.78, 5) is 11.2. The van der Waals surface area contributed by atoms with Crippen LogP contribution in [-0.4, -0.2) is 24.3 Å². The van der Waals surface area contributed by atoms with Crippen LogP contribution >= 0.6 is 0 Å². The molecule has 3 rings (SSSR count). The summed E-state index contributed by atoms with van der Waals surface area (Å²) >= 11 is 0. The zero-order valence-corrected chi connectivity index (χ0v) is 11.9. The third-order valence-corrected chi connectivity index (χ3v) is 4.36.